The highest BCUT2D eigenvalue weighted by atomic mass is 35.5. The van der Waals surface area contributed by atoms with Crippen LogP contribution in [-0.4, -0.2) is 18.9 Å². The van der Waals surface area contributed by atoms with Crippen LogP contribution in [0.15, 0.2) is 52.5 Å². The zero-order valence-electron chi connectivity index (χ0n) is 14.5. The standard InChI is InChI=1S/C19H16Cl2N4OS/c1-2-7-24-16-5-3-12(20)8-15(16)23-19(24)27-11-14-9-18(26)25-10-13(21)4-6-17(25)22-14/h3-6,8-10H,2,7,11H2,1H3. The summed E-state index contributed by atoms with van der Waals surface area (Å²) < 4.78 is 3.63. The molecule has 27 heavy (non-hydrogen) atoms. The van der Waals surface area contributed by atoms with E-state index in [-0.39, 0.29) is 5.56 Å². The number of thioether (sulfide) groups is 1. The zero-order chi connectivity index (χ0) is 19.0. The molecule has 5 nitrogen and oxygen atoms in total. The number of hydrogen-bond donors (Lipinski definition) is 0. The summed E-state index contributed by atoms with van der Waals surface area (Å²) in [5.74, 6) is 0.551. The Bertz CT molecular complexity index is 1200. The van der Waals surface area contributed by atoms with Gasteiger partial charge in [0.15, 0.2) is 5.16 Å². The Kier molecular flexibility index (Phi) is 5.12. The van der Waals surface area contributed by atoms with Crippen molar-refractivity contribution in [2.45, 2.75) is 30.8 Å². The topological polar surface area (TPSA) is 52.2 Å². The fourth-order valence-electron chi connectivity index (χ4n) is 2.97. The molecule has 0 aliphatic carbocycles. The highest BCUT2D eigenvalue weighted by molar-refractivity contribution is 7.98. The lowest BCUT2D eigenvalue weighted by atomic mass is 10.3. The first-order chi connectivity index (χ1) is 13.0. The summed E-state index contributed by atoms with van der Waals surface area (Å²) in [6.45, 7) is 3.00. The number of fused-ring (bicyclic) bond motifs is 2. The van der Waals surface area contributed by atoms with Crippen LogP contribution in [-0.2, 0) is 12.3 Å². The number of imidazole rings is 1. The van der Waals surface area contributed by atoms with Gasteiger partial charge in [-0.2, -0.15) is 0 Å². The van der Waals surface area contributed by atoms with Gasteiger partial charge in [0, 0.05) is 29.6 Å². The smallest absolute Gasteiger partial charge is 0.258 e. The van der Waals surface area contributed by atoms with Crippen molar-refractivity contribution in [1.82, 2.24) is 18.9 Å². The van der Waals surface area contributed by atoms with Gasteiger partial charge in [-0.25, -0.2) is 9.97 Å². The second-order valence-corrected chi connectivity index (χ2v) is 7.94. The number of hydrogen-bond acceptors (Lipinski definition) is 4. The minimum atomic E-state index is -0.146. The van der Waals surface area contributed by atoms with Crippen LogP contribution in [0.1, 0.15) is 19.0 Å². The Hall–Kier alpha value is -2.02. The summed E-state index contributed by atoms with van der Waals surface area (Å²) in [5, 5.41) is 2.07. The van der Waals surface area contributed by atoms with E-state index in [1.807, 2.05) is 18.2 Å². The molecule has 0 spiro atoms. The molecule has 0 radical (unpaired) electrons. The third-order valence-electron chi connectivity index (χ3n) is 4.15. The van der Waals surface area contributed by atoms with E-state index in [1.54, 1.807) is 36.2 Å². The molecule has 4 rings (SSSR count). The van der Waals surface area contributed by atoms with E-state index in [4.69, 9.17) is 28.2 Å². The SMILES string of the molecule is CCCn1c(SCc2cc(=O)n3cc(Cl)ccc3n2)nc2cc(Cl)ccc21. The lowest BCUT2D eigenvalue weighted by molar-refractivity contribution is 0.638. The minimum absolute atomic E-state index is 0.146. The second kappa shape index (κ2) is 7.54. The quantitative estimate of drug-likeness (QED) is 0.425. The molecule has 0 N–H and O–H groups in total. The summed E-state index contributed by atoms with van der Waals surface area (Å²) in [6, 6.07) is 10.8. The van der Waals surface area contributed by atoms with Crippen molar-refractivity contribution in [3.05, 3.63) is 68.7 Å². The van der Waals surface area contributed by atoms with Gasteiger partial charge in [0.05, 0.1) is 21.7 Å². The molecule has 0 fully saturated rings. The molecule has 0 aliphatic heterocycles. The van der Waals surface area contributed by atoms with Gasteiger partial charge >= 0.3 is 0 Å². The van der Waals surface area contributed by atoms with Crippen molar-refractivity contribution in [2.75, 3.05) is 0 Å². The molecule has 0 atom stereocenters. The van der Waals surface area contributed by atoms with Crippen LogP contribution in [0.5, 0.6) is 0 Å². The Labute approximate surface area is 170 Å². The van der Waals surface area contributed by atoms with Gasteiger partial charge in [0.1, 0.15) is 5.65 Å². The summed E-state index contributed by atoms with van der Waals surface area (Å²) in [4.78, 5) is 21.6. The Morgan fingerprint density at radius 3 is 2.70 bits per heavy atom. The van der Waals surface area contributed by atoms with E-state index in [1.165, 1.54) is 4.40 Å². The average Bonchev–Trinajstić information content (AvgIpc) is 2.97. The lowest BCUT2D eigenvalue weighted by Gasteiger charge is -2.08. The van der Waals surface area contributed by atoms with Crippen LogP contribution in [0, 0.1) is 0 Å². The van der Waals surface area contributed by atoms with Crippen molar-refractivity contribution < 1.29 is 0 Å². The average molecular weight is 419 g/mol. The summed E-state index contributed by atoms with van der Waals surface area (Å²) in [7, 11) is 0. The second-order valence-electron chi connectivity index (χ2n) is 6.13. The Morgan fingerprint density at radius 1 is 1.07 bits per heavy atom. The molecule has 0 bridgehead atoms. The Balaban J connectivity index is 1.67. The van der Waals surface area contributed by atoms with E-state index in [9.17, 15) is 4.79 Å². The predicted octanol–water partition coefficient (Wildman–Crippen LogP) is 5.05. The predicted molar refractivity (Wildman–Crippen MR) is 111 cm³/mol. The molecule has 3 aromatic heterocycles. The fraction of sp³-hybridized carbons (Fsp3) is 0.211. The number of pyridine rings is 1. The first-order valence-electron chi connectivity index (χ1n) is 8.51. The number of halogens is 2. The molecular weight excluding hydrogens is 403 g/mol. The zero-order valence-corrected chi connectivity index (χ0v) is 16.9. The van der Waals surface area contributed by atoms with Gasteiger partial charge < -0.3 is 4.57 Å². The molecule has 0 saturated carbocycles. The van der Waals surface area contributed by atoms with Gasteiger partial charge in [-0.05, 0) is 36.8 Å². The van der Waals surface area contributed by atoms with Crippen molar-refractivity contribution in [2.24, 2.45) is 0 Å². The minimum Gasteiger partial charge on any atom is -0.319 e. The van der Waals surface area contributed by atoms with Gasteiger partial charge in [-0.1, -0.05) is 41.9 Å². The molecule has 0 saturated heterocycles. The summed E-state index contributed by atoms with van der Waals surface area (Å²) in [6.07, 6.45) is 2.57. The van der Waals surface area contributed by atoms with Crippen LogP contribution < -0.4 is 5.56 Å². The molecule has 0 amide bonds. The highest BCUT2D eigenvalue weighted by Gasteiger charge is 2.12. The maximum Gasteiger partial charge on any atom is 0.258 e. The maximum absolute atomic E-state index is 12.3. The number of nitrogens with zero attached hydrogens (tertiary/aromatic N) is 4. The largest absolute Gasteiger partial charge is 0.319 e. The molecule has 1 aromatic carbocycles. The molecule has 4 aromatic rings. The number of benzene rings is 1. The van der Waals surface area contributed by atoms with E-state index in [2.05, 4.69) is 16.5 Å². The molecule has 0 aliphatic rings. The van der Waals surface area contributed by atoms with E-state index in [0.717, 1.165) is 29.2 Å². The molecule has 3 heterocycles. The summed E-state index contributed by atoms with van der Waals surface area (Å²) >= 11 is 13.6. The maximum atomic E-state index is 12.3. The third kappa shape index (κ3) is 3.70. The van der Waals surface area contributed by atoms with Gasteiger partial charge in [-0.15, -0.1) is 0 Å². The third-order valence-corrected chi connectivity index (χ3v) is 5.62. The van der Waals surface area contributed by atoms with Crippen molar-refractivity contribution in [1.29, 1.82) is 0 Å². The number of rotatable bonds is 5. The van der Waals surface area contributed by atoms with E-state index < -0.39 is 0 Å². The normalized spacial score (nSPS) is 11.5. The first kappa shape index (κ1) is 18.3. The number of aromatic nitrogens is 4. The van der Waals surface area contributed by atoms with Crippen molar-refractivity contribution >= 4 is 51.6 Å². The van der Waals surface area contributed by atoms with Crippen LogP contribution in [0.3, 0.4) is 0 Å². The highest BCUT2D eigenvalue weighted by Crippen LogP contribution is 2.28. The van der Waals surface area contributed by atoms with Crippen molar-refractivity contribution in [3.8, 4) is 0 Å². The van der Waals surface area contributed by atoms with Gasteiger partial charge in [-0.3, -0.25) is 9.20 Å². The van der Waals surface area contributed by atoms with Crippen LogP contribution in [0.4, 0.5) is 0 Å². The Morgan fingerprint density at radius 2 is 1.89 bits per heavy atom. The van der Waals surface area contributed by atoms with E-state index in [0.29, 0.717) is 27.1 Å². The van der Waals surface area contributed by atoms with Gasteiger partial charge in [0.2, 0.25) is 0 Å². The molecule has 138 valence electrons. The van der Waals surface area contributed by atoms with Crippen LogP contribution in [0.2, 0.25) is 10.0 Å². The summed E-state index contributed by atoms with van der Waals surface area (Å²) in [5.41, 5.74) is 3.08. The molecule has 8 heteroatoms. The molecule has 0 unspecified atom stereocenters. The molecular formula is C19H16Cl2N4OS. The van der Waals surface area contributed by atoms with Crippen LogP contribution >= 0.6 is 35.0 Å². The number of aryl methyl sites for hydroxylation is 1. The lowest BCUT2D eigenvalue weighted by Crippen LogP contribution is -2.15. The first-order valence-corrected chi connectivity index (χ1v) is 10.3. The van der Waals surface area contributed by atoms with Crippen molar-refractivity contribution in [3.63, 3.8) is 0 Å². The van der Waals surface area contributed by atoms with E-state index >= 15 is 0 Å². The monoisotopic (exact) mass is 418 g/mol. The van der Waals surface area contributed by atoms with Crippen LogP contribution in [0.25, 0.3) is 16.7 Å². The van der Waals surface area contributed by atoms with Gasteiger partial charge in [0.25, 0.3) is 5.56 Å². The fourth-order valence-corrected chi connectivity index (χ4v) is 4.23.